The predicted molar refractivity (Wildman–Crippen MR) is 127 cm³/mol. The summed E-state index contributed by atoms with van der Waals surface area (Å²) in [7, 11) is 0. The van der Waals surface area contributed by atoms with Gasteiger partial charge in [-0.25, -0.2) is 4.79 Å². The Balaban J connectivity index is 1.54. The van der Waals surface area contributed by atoms with Crippen LogP contribution in [0, 0.1) is 5.92 Å². The predicted octanol–water partition coefficient (Wildman–Crippen LogP) is 1.67. The molecule has 1 aliphatic rings. The molecule has 0 bridgehead atoms. The molecule has 0 unspecified atom stereocenters. The quantitative estimate of drug-likeness (QED) is 0.569. The molecule has 178 valence electrons. The van der Waals surface area contributed by atoms with Crippen molar-refractivity contribution >= 4 is 23.3 Å². The van der Waals surface area contributed by atoms with E-state index in [4.69, 9.17) is 10.2 Å². The van der Waals surface area contributed by atoms with Crippen LogP contribution in [0.1, 0.15) is 35.9 Å². The molecule has 3 aromatic rings. The Kier molecular flexibility index (Phi) is 6.67. The molecular formula is C24H27N5O5. The van der Waals surface area contributed by atoms with Crippen LogP contribution in [0.5, 0.6) is 0 Å². The first-order valence-electron chi connectivity index (χ1n) is 11.2. The highest BCUT2D eigenvalue weighted by atomic mass is 16.3. The molecule has 0 atom stereocenters. The standard InChI is InChI=1S/C24H27N5O5/c1-2-28(22(31)17-10-12-27(13-11-17)23(32)18-9-6-14-34-18)19-20(25)29(24(33)26-21(19)30)15-16-7-4-3-5-8-16/h3-9,14,17H,2,10-13,15,25H2,1H3,(H,26,30,33). The maximum absolute atomic E-state index is 13.4. The van der Waals surface area contributed by atoms with E-state index >= 15 is 0 Å². The number of nitrogen functional groups attached to an aromatic ring is 1. The maximum Gasteiger partial charge on any atom is 0.330 e. The molecule has 1 saturated heterocycles. The van der Waals surface area contributed by atoms with Gasteiger partial charge in [0.05, 0.1) is 12.8 Å². The molecule has 0 radical (unpaired) electrons. The van der Waals surface area contributed by atoms with Crippen molar-refractivity contribution in [3.05, 3.63) is 80.9 Å². The lowest BCUT2D eigenvalue weighted by atomic mass is 9.95. The fraction of sp³-hybridized carbons (Fsp3) is 0.333. The molecule has 34 heavy (non-hydrogen) atoms. The summed E-state index contributed by atoms with van der Waals surface area (Å²) in [4.78, 5) is 56.4. The van der Waals surface area contributed by atoms with Crippen LogP contribution in [0.25, 0.3) is 0 Å². The monoisotopic (exact) mass is 465 g/mol. The first-order valence-corrected chi connectivity index (χ1v) is 11.2. The average molecular weight is 466 g/mol. The lowest BCUT2D eigenvalue weighted by Gasteiger charge is -2.33. The molecule has 4 rings (SSSR count). The number of piperidine rings is 1. The van der Waals surface area contributed by atoms with E-state index in [9.17, 15) is 19.2 Å². The number of benzene rings is 1. The summed E-state index contributed by atoms with van der Waals surface area (Å²) in [6.45, 7) is 2.91. The summed E-state index contributed by atoms with van der Waals surface area (Å²) in [5, 5.41) is 0. The molecule has 3 heterocycles. The van der Waals surface area contributed by atoms with Crippen LogP contribution < -0.4 is 21.9 Å². The second-order valence-electron chi connectivity index (χ2n) is 8.19. The van der Waals surface area contributed by atoms with Gasteiger partial charge in [0.2, 0.25) is 5.91 Å². The second kappa shape index (κ2) is 9.82. The zero-order valence-corrected chi connectivity index (χ0v) is 18.9. The third-order valence-electron chi connectivity index (χ3n) is 6.11. The van der Waals surface area contributed by atoms with Gasteiger partial charge in [-0.15, -0.1) is 0 Å². The Bertz CT molecular complexity index is 1270. The topological polar surface area (TPSA) is 135 Å². The number of carbonyl (C=O) groups is 2. The number of anilines is 2. The number of hydrogen-bond donors (Lipinski definition) is 2. The molecule has 10 nitrogen and oxygen atoms in total. The lowest BCUT2D eigenvalue weighted by molar-refractivity contribution is -0.123. The van der Waals surface area contributed by atoms with Crippen molar-refractivity contribution < 1.29 is 14.0 Å². The molecule has 1 fully saturated rings. The van der Waals surface area contributed by atoms with Gasteiger partial charge in [0.25, 0.3) is 11.5 Å². The Hall–Kier alpha value is -4.08. The molecule has 1 aromatic carbocycles. The van der Waals surface area contributed by atoms with E-state index in [2.05, 4.69) is 4.98 Å². The Morgan fingerprint density at radius 3 is 2.44 bits per heavy atom. The van der Waals surface area contributed by atoms with E-state index in [-0.39, 0.29) is 48.1 Å². The molecule has 3 N–H and O–H groups in total. The number of nitrogens with one attached hydrogen (secondary N) is 1. The van der Waals surface area contributed by atoms with Crippen molar-refractivity contribution in [2.75, 3.05) is 30.3 Å². The molecule has 0 spiro atoms. The highest BCUT2D eigenvalue weighted by molar-refractivity contribution is 5.97. The van der Waals surface area contributed by atoms with E-state index in [0.29, 0.717) is 25.9 Å². The zero-order valence-electron chi connectivity index (χ0n) is 18.9. The first-order chi connectivity index (χ1) is 16.4. The molecule has 0 saturated carbocycles. The van der Waals surface area contributed by atoms with Crippen LogP contribution in [-0.4, -0.2) is 45.9 Å². The van der Waals surface area contributed by atoms with Crippen molar-refractivity contribution in [1.29, 1.82) is 0 Å². The van der Waals surface area contributed by atoms with E-state index < -0.39 is 11.2 Å². The number of H-pyrrole nitrogens is 1. The summed E-state index contributed by atoms with van der Waals surface area (Å²) >= 11 is 0. The van der Waals surface area contributed by atoms with Gasteiger partial charge in [0.1, 0.15) is 5.82 Å². The number of likely N-dealkylation sites (tertiary alicyclic amines) is 1. The summed E-state index contributed by atoms with van der Waals surface area (Å²) in [6, 6.07) is 12.5. The number of rotatable bonds is 6. The summed E-state index contributed by atoms with van der Waals surface area (Å²) < 4.78 is 6.44. The van der Waals surface area contributed by atoms with E-state index in [0.717, 1.165) is 5.56 Å². The van der Waals surface area contributed by atoms with Crippen molar-refractivity contribution in [1.82, 2.24) is 14.5 Å². The number of aromatic amines is 1. The van der Waals surface area contributed by atoms with Crippen molar-refractivity contribution in [3.63, 3.8) is 0 Å². The third-order valence-corrected chi connectivity index (χ3v) is 6.11. The van der Waals surface area contributed by atoms with Gasteiger partial charge in [-0.2, -0.15) is 0 Å². The third kappa shape index (κ3) is 4.52. The fourth-order valence-electron chi connectivity index (χ4n) is 4.29. The minimum Gasteiger partial charge on any atom is -0.459 e. The van der Waals surface area contributed by atoms with Gasteiger partial charge in [-0.05, 0) is 37.5 Å². The number of nitrogens with zero attached hydrogens (tertiary/aromatic N) is 3. The second-order valence-corrected chi connectivity index (χ2v) is 8.19. The van der Waals surface area contributed by atoms with Crippen LogP contribution in [0.3, 0.4) is 0 Å². The van der Waals surface area contributed by atoms with Gasteiger partial charge in [-0.1, -0.05) is 30.3 Å². The highest BCUT2D eigenvalue weighted by Gasteiger charge is 2.33. The summed E-state index contributed by atoms with van der Waals surface area (Å²) in [5.74, 6) is -0.640. The molecule has 2 aromatic heterocycles. The zero-order chi connectivity index (χ0) is 24.2. The normalized spacial score (nSPS) is 14.2. The first kappa shape index (κ1) is 23.1. The van der Waals surface area contributed by atoms with Gasteiger partial charge >= 0.3 is 5.69 Å². The molecule has 0 aliphatic carbocycles. The summed E-state index contributed by atoms with van der Waals surface area (Å²) in [6.07, 6.45) is 2.34. The van der Waals surface area contributed by atoms with E-state index in [1.54, 1.807) is 24.0 Å². The number of amides is 2. The van der Waals surface area contributed by atoms with Gasteiger partial charge in [0, 0.05) is 25.6 Å². The smallest absolute Gasteiger partial charge is 0.330 e. The van der Waals surface area contributed by atoms with E-state index in [1.165, 1.54) is 15.7 Å². The Morgan fingerprint density at radius 2 is 1.82 bits per heavy atom. The maximum atomic E-state index is 13.4. The summed E-state index contributed by atoms with van der Waals surface area (Å²) in [5.41, 5.74) is 5.74. The largest absolute Gasteiger partial charge is 0.459 e. The number of aromatic nitrogens is 2. The van der Waals surface area contributed by atoms with Crippen LogP contribution >= 0.6 is 0 Å². The molecule has 10 heteroatoms. The number of hydrogen-bond acceptors (Lipinski definition) is 6. The lowest BCUT2D eigenvalue weighted by Crippen LogP contribution is -2.47. The van der Waals surface area contributed by atoms with Crippen LogP contribution in [0.4, 0.5) is 11.5 Å². The fourth-order valence-corrected chi connectivity index (χ4v) is 4.29. The van der Waals surface area contributed by atoms with Crippen molar-refractivity contribution in [2.24, 2.45) is 5.92 Å². The Labute approximate surface area is 195 Å². The number of nitrogens with two attached hydrogens (primary N) is 1. The minimum absolute atomic E-state index is 0.0304. The van der Waals surface area contributed by atoms with E-state index in [1.807, 2.05) is 30.3 Å². The SMILES string of the molecule is CCN(C(=O)C1CCN(C(=O)c2ccco2)CC1)c1c(N)n(Cc2ccccc2)c(=O)[nH]c1=O. The number of carbonyl (C=O) groups excluding carboxylic acids is 2. The van der Waals surface area contributed by atoms with Gasteiger partial charge in [0.15, 0.2) is 11.4 Å². The van der Waals surface area contributed by atoms with Crippen molar-refractivity contribution in [3.8, 4) is 0 Å². The average Bonchev–Trinajstić information content (AvgIpc) is 3.39. The Morgan fingerprint density at radius 1 is 1.12 bits per heavy atom. The highest BCUT2D eigenvalue weighted by Crippen LogP contribution is 2.25. The van der Waals surface area contributed by atoms with Crippen LogP contribution in [0.15, 0.2) is 62.7 Å². The van der Waals surface area contributed by atoms with Gasteiger partial charge < -0.3 is 20.0 Å². The molecule has 2 amide bonds. The molecule has 1 aliphatic heterocycles. The number of furan rings is 1. The van der Waals surface area contributed by atoms with Crippen LogP contribution in [0.2, 0.25) is 0 Å². The van der Waals surface area contributed by atoms with Crippen molar-refractivity contribution in [2.45, 2.75) is 26.3 Å². The van der Waals surface area contributed by atoms with Crippen LogP contribution in [-0.2, 0) is 11.3 Å². The van der Waals surface area contributed by atoms with Gasteiger partial charge in [-0.3, -0.25) is 23.9 Å². The molecular weight excluding hydrogens is 438 g/mol. The minimum atomic E-state index is -0.701.